The van der Waals surface area contributed by atoms with Crippen molar-refractivity contribution in [3.8, 4) is 0 Å². The van der Waals surface area contributed by atoms with Gasteiger partial charge in [0.05, 0.1) is 35.0 Å². The molecule has 7 aromatic rings. The van der Waals surface area contributed by atoms with Crippen LogP contribution in [-0.2, 0) is 38.7 Å². The van der Waals surface area contributed by atoms with Crippen LogP contribution in [0.25, 0.3) is 43.4 Å². The molecule has 13 nitrogen and oxygen atoms in total. The molecule has 1 aliphatic rings. The number of amides is 1. The van der Waals surface area contributed by atoms with E-state index in [1.807, 2.05) is 72.8 Å². The number of aromatic nitrogens is 4. The van der Waals surface area contributed by atoms with Gasteiger partial charge in [-0.15, -0.1) is 0 Å². The number of H-pyrrole nitrogens is 2. The van der Waals surface area contributed by atoms with Crippen LogP contribution in [0.1, 0.15) is 65.4 Å². The van der Waals surface area contributed by atoms with Crippen LogP contribution in [0.15, 0.2) is 88.5 Å². The van der Waals surface area contributed by atoms with Gasteiger partial charge in [0.15, 0.2) is 0 Å². The van der Waals surface area contributed by atoms with Crippen molar-refractivity contribution in [3.63, 3.8) is 0 Å². The number of esters is 2. The van der Waals surface area contributed by atoms with E-state index in [0.717, 1.165) is 43.9 Å². The maximum Gasteiger partial charge on any atom is 0.328 e. The lowest BCUT2D eigenvalue weighted by Gasteiger charge is -2.26. The van der Waals surface area contributed by atoms with Gasteiger partial charge in [-0.05, 0) is 115 Å². The van der Waals surface area contributed by atoms with Gasteiger partial charge in [-0.3, -0.25) is 19.2 Å². The lowest BCUT2D eigenvalue weighted by atomic mass is 10.0. The van der Waals surface area contributed by atoms with E-state index in [1.165, 1.54) is 4.90 Å². The summed E-state index contributed by atoms with van der Waals surface area (Å²) in [6.07, 6.45) is 0.0289. The predicted octanol–water partition coefficient (Wildman–Crippen LogP) is 6.52. The standard InChI is InChI=1S/C45H42N6O7/c1-5-57-39(52)18-17-38(45(56)58-6-2)51-24-31-21-32(13-14-33(31)44(51)55)50(22-27-7-9-29-11-15-36-40(34(29)19-27)42(53)48-25(3)46-36)23-28-8-10-30-12-16-37-41(35(30)20-28)43(54)49-26(4)47-37/h7-16,19-21,38H,5-6,17-18,22-24H2,1-4H3,(H,46,48,53)(H,47,49,54)/t38-/m0/s1. The highest BCUT2D eigenvalue weighted by molar-refractivity contribution is 6.07. The van der Waals surface area contributed by atoms with Crippen LogP contribution in [-0.4, -0.2) is 61.9 Å². The lowest BCUT2D eigenvalue weighted by molar-refractivity contribution is -0.150. The second-order valence-electron chi connectivity index (χ2n) is 14.6. The van der Waals surface area contributed by atoms with Crippen LogP contribution in [0.3, 0.4) is 0 Å². The number of anilines is 1. The molecule has 58 heavy (non-hydrogen) atoms. The Kier molecular flexibility index (Phi) is 10.2. The van der Waals surface area contributed by atoms with E-state index in [4.69, 9.17) is 9.47 Å². The summed E-state index contributed by atoms with van der Waals surface area (Å²) in [5.41, 5.74) is 4.69. The molecular weight excluding hydrogens is 737 g/mol. The van der Waals surface area contributed by atoms with Crippen LogP contribution < -0.4 is 16.0 Å². The van der Waals surface area contributed by atoms with Gasteiger partial charge in [0, 0.05) is 37.3 Å². The number of carbonyl (C=O) groups is 3. The maximum absolute atomic E-state index is 13.9. The molecule has 1 amide bonds. The Labute approximate surface area is 332 Å². The van der Waals surface area contributed by atoms with Crippen molar-refractivity contribution in [1.29, 1.82) is 0 Å². The van der Waals surface area contributed by atoms with Crippen LogP contribution in [0.4, 0.5) is 5.69 Å². The Morgan fingerprint density at radius 1 is 0.741 bits per heavy atom. The van der Waals surface area contributed by atoms with E-state index < -0.39 is 18.0 Å². The molecule has 13 heteroatoms. The molecule has 0 saturated carbocycles. The molecule has 294 valence electrons. The molecule has 0 aliphatic carbocycles. The molecule has 1 atom stereocenters. The van der Waals surface area contributed by atoms with E-state index in [0.29, 0.717) is 52.1 Å². The fraction of sp³-hybridized carbons (Fsp3) is 0.267. The van der Waals surface area contributed by atoms with Gasteiger partial charge < -0.3 is 29.2 Å². The zero-order chi connectivity index (χ0) is 40.7. The SMILES string of the molecule is CCOC(=O)CC[C@@H](C(=O)OCC)N1Cc2cc(N(Cc3ccc4ccc5nc(C)[nH]c(=O)c5c4c3)Cc3ccc4ccc5nc(C)[nH]c(=O)c5c4c3)ccc2C1=O. The third kappa shape index (κ3) is 7.26. The molecule has 2 N–H and O–H groups in total. The number of nitrogens with zero attached hydrogens (tertiary/aromatic N) is 4. The van der Waals surface area contributed by atoms with Crippen molar-refractivity contribution >= 4 is 66.9 Å². The number of aryl methyl sites for hydroxylation is 2. The first-order valence-electron chi connectivity index (χ1n) is 19.4. The number of nitrogens with one attached hydrogen (secondary N) is 2. The number of carbonyl (C=O) groups excluding carboxylic acids is 3. The second kappa shape index (κ2) is 15.6. The highest BCUT2D eigenvalue weighted by Crippen LogP contribution is 2.33. The Morgan fingerprint density at radius 3 is 1.84 bits per heavy atom. The first-order valence-corrected chi connectivity index (χ1v) is 19.4. The number of aromatic amines is 2. The Bertz CT molecular complexity index is 2780. The Hall–Kier alpha value is -6.89. The minimum absolute atomic E-state index is 0.0400. The topological polar surface area (TPSA) is 168 Å². The van der Waals surface area contributed by atoms with Crippen molar-refractivity contribution in [3.05, 3.63) is 133 Å². The number of fused-ring (bicyclic) bond motifs is 7. The highest BCUT2D eigenvalue weighted by atomic mass is 16.5. The van der Waals surface area contributed by atoms with Gasteiger partial charge in [-0.2, -0.15) is 0 Å². The van der Waals surface area contributed by atoms with Crippen molar-refractivity contribution < 1.29 is 23.9 Å². The third-order valence-electron chi connectivity index (χ3n) is 10.6. The van der Waals surface area contributed by atoms with Gasteiger partial charge in [-0.25, -0.2) is 14.8 Å². The Morgan fingerprint density at radius 2 is 1.29 bits per heavy atom. The molecule has 0 unspecified atom stereocenters. The van der Waals surface area contributed by atoms with Crippen LogP contribution in [0.5, 0.6) is 0 Å². The fourth-order valence-electron chi connectivity index (χ4n) is 8.03. The van der Waals surface area contributed by atoms with Gasteiger partial charge in [0.2, 0.25) is 0 Å². The molecular formula is C45H42N6O7. The summed E-state index contributed by atoms with van der Waals surface area (Å²) < 4.78 is 10.4. The third-order valence-corrected chi connectivity index (χ3v) is 10.6. The molecule has 2 aromatic heterocycles. The van der Waals surface area contributed by atoms with Gasteiger partial charge in [-0.1, -0.05) is 36.4 Å². The number of ether oxygens (including phenoxy) is 2. The summed E-state index contributed by atoms with van der Waals surface area (Å²) >= 11 is 0. The van der Waals surface area contributed by atoms with Gasteiger partial charge >= 0.3 is 11.9 Å². The van der Waals surface area contributed by atoms with Crippen molar-refractivity contribution in [2.75, 3.05) is 18.1 Å². The summed E-state index contributed by atoms with van der Waals surface area (Å²) in [6.45, 7) is 8.25. The summed E-state index contributed by atoms with van der Waals surface area (Å²) in [5, 5.41) is 4.41. The molecule has 0 saturated heterocycles. The molecule has 0 fully saturated rings. The normalized spacial score (nSPS) is 13.0. The quantitative estimate of drug-likeness (QED) is 0.103. The van der Waals surface area contributed by atoms with Crippen molar-refractivity contribution in [2.24, 2.45) is 0 Å². The van der Waals surface area contributed by atoms with Gasteiger partial charge in [0.25, 0.3) is 17.0 Å². The smallest absolute Gasteiger partial charge is 0.328 e. The number of rotatable bonds is 12. The molecule has 5 aromatic carbocycles. The monoisotopic (exact) mass is 778 g/mol. The van der Waals surface area contributed by atoms with Crippen LogP contribution in [0.2, 0.25) is 0 Å². The Balaban J connectivity index is 1.19. The predicted molar refractivity (Wildman–Crippen MR) is 222 cm³/mol. The molecule has 0 radical (unpaired) electrons. The van der Waals surface area contributed by atoms with E-state index in [2.05, 4.69) is 24.8 Å². The fourth-order valence-corrected chi connectivity index (χ4v) is 8.03. The average molecular weight is 779 g/mol. The largest absolute Gasteiger partial charge is 0.466 e. The highest BCUT2D eigenvalue weighted by Gasteiger charge is 2.38. The first-order chi connectivity index (χ1) is 28.0. The minimum Gasteiger partial charge on any atom is -0.466 e. The number of benzene rings is 5. The molecule has 1 aliphatic heterocycles. The molecule has 3 heterocycles. The summed E-state index contributed by atoms with van der Waals surface area (Å²) in [4.78, 5) is 84.2. The van der Waals surface area contributed by atoms with E-state index >= 15 is 0 Å². The van der Waals surface area contributed by atoms with Crippen LogP contribution in [0, 0.1) is 13.8 Å². The maximum atomic E-state index is 13.9. The summed E-state index contributed by atoms with van der Waals surface area (Å²) in [6, 6.07) is 24.4. The van der Waals surface area contributed by atoms with E-state index in [-0.39, 0.29) is 49.6 Å². The lowest BCUT2D eigenvalue weighted by Crippen LogP contribution is -2.42. The van der Waals surface area contributed by atoms with Crippen LogP contribution >= 0.6 is 0 Å². The van der Waals surface area contributed by atoms with Gasteiger partial charge in [0.1, 0.15) is 17.7 Å². The first kappa shape index (κ1) is 38.0. The van der Waals surface area contributed by atoms with E-state index in [9.17, 15) is 24.0 Å². The van der Waals surface area contributed by atoms with Crippen molar-refractivity contribution in [2.45, 2.75) is 66.2 Å². The van der Waals surface area contributed by atoms with Crippen molar-refractivity contribution in [1.82, 2.24) is 24.8 Å². The molecule has 0 spiro atoms. The second-order valence-corrected chi connectivity index (χ2v) is 14.6. The zero-order valence-electron chi connectivity index (χ0n) is 32.7. The zero-order valence-corrected chi connectivity index (χ0v) is 32.7. The molecule has 8 rings (SSSR count). The summed E-state index contributed by atoms with van der Waals surface area (Å²) in [5.74, 6) is -0.265. The molecule has 0 bridgehead atoms. The van der Waals surface area contributed by atoms with E-state index in [1.54, 1.807) is 33.8 Å². The average Bonchev–Trinajstić information content (AvgIpc) is 3.51. The number of hydrogen-bond acceptors (Lipinski definition) is 10. The minimum atomic E-state index is -0.966. The number of hydrogen-bond donors (Lipinski definition) is 2. The summed E-state index contributed by atoms with van der Waals surface area (Å²) in [7, 11) is 0.